The molecule has 1 saturated carbocycles. The van der Waals surface area contributed by atoms with Gasteiger partial charge < -0.3 is 15.2 Å². The molecule has 0 atom stereocenters. The van der Waals surface area contributed by atoms with E-state index in [0.717, 1.165) is 42.8 Å². The van der Waals surface area contributed by atoms with Crippen molar-refractivity contribution >= 4 is 17.9 Å². The Labute approximate surface area is 161 Å². The van der Waals surface area contributed by atoms with Crippen LogP contribution in [0.3, 0.4) is 0 Å². The van der Waals surface area contributed by atoms with Crippen LogP contribution in [0, 0.1) is 37.0 Å². The lowest BCUT2D eigenvalue weighted by Gasteiger charge is -2.11. The van der Waals surface area contributed by atoms with E-state index >= 15 is 0 Å². The van der Waals surface area contributed by atoms with Gasteiger partial charge in [0.25, 0.3) is 5.91 Å². The number of nitrogens with zero attached hydrogens (tertiary/aromatic N) is 2. The largest absolute Gasteiger partial charge is 0.354 e. The van der Waals surface area contributed by atoms with Crippen LogP contribution in [0.15, 0.2) is 11.6 Å². The van der Waals surface area contributed by atoms with Crippen LogP contribution in [0.2, 0.25) is 0 Å². The monoisotopic (exact) mass is 370 g/mol. The van der Waals surface area contributed by atoms with Gasteiger partial charge >= 0.3 is 0 Å². The minimum absolute atomic E-state index is 0.0501. The summed E-state index contributed by atoms with van der Waals surface area (Å²) in [5.74, 6) is 0.409. The number of amides is 2. The summed E-state index contributed by atoms with van der Waals surface area (Å²) in [5, 5.41) is 14.9. The molecule has 2 rings (SSSR count). The van der Waals surface area contributed by atoms with E-state index in [0.29, 0.717) is 19.0 Å². The second-order valence-corrected chi connectivity index (χ2v) is 7.65. The van der Waals surface area contributed by atoms with Gasteiger partial charge in [-0.05, 0) is 56.7 Å². The predicted molar refractivity (Wildman–Crippen MR) is 106 cm³/mol. The van der Waals surface area contributed by atoms with Gasteiger partial charge in [-0.15, -0.1) is 0 Å². The third-order valence-corrected chi connectivity index (χ3v) is 4.87. The maximum Gasteiger partial charge on any atom is 0.262 e. The van der Waals surface area contributed by atoms with Gasteiger partial charge in [0.1, 0.15) is 11.6 Å². The highest BCUT2D eigenvalue weighted by Gasteiger charge is 2.29. The number of nitrogens with one attached hydrogen (secondary N) is 2. The van der Waals surface area contributed by atoms with E-state index in [4.69, 9.17) is 0 Å². The Morgan fingerprint density at radius 1 is 1.30 bits per heavy atom. The van der Waals surface area contributed by atoms with Gasteiger partial charge in [-0.3, -0.25) is 9.59 Å². The highest BCUT2D eigenvalue weighted by molar-refractivity contribution is 6.01. The quantitative estimate of drug-likeness (QED) is 0.398. The first-order chi connectivity index (χ1) is 12.8. The normalized spacial score (nSPS) is 14.1. The Bertz CT molecular complexity index is 764. The average Bonchev–Trinajstić information content (AvgIpc) is 3.42. The molecule has 2 N–H and O–H groups in total. The number of hydrogen-bond acceptors (Lipinski definition) is 3. The van der Waals surface area contributed by atoms with Gasteiger partial charge in [-0.1, -0.05) is 13.8 Å². The van der Waals surface area contributed by atoms with Crippen molar-refractivity contribution in [1.82, 2.24) is 15.2 Å². The first-order valence-corrected chi connectivity index (χ1v) is 9.68. The van der Waals surface area contributed by atoms with Crippen molar-refractivity contribution in [3.8, 4) is 6.07 Å². The molecular weight excluding hydrogens is 340 g/mol. The van der Waals surface area contributed by atoms with E-state index in [1.54, 1.807) is 6.08 Å². The summed E-state index contributed by atoms with van der Waals surface area (Å²) in [6, 6.07) is 4.00. The van der Waals surface area contributed by atoms with Crippen LogP contribution in [0.5, 0.6) is 0 Å². The molecular formula is C21H30N4O2. The first kappa shape index (κ1) is 20.8. The highest BCUT2D eigenvalue weighted by atomic mass is 16.2. The summed E-state index contributed by atoms with van der Waals surface area (Å²) in [6.45, 7) is 10.1. The lowest BCUT2D eigenvalue weighted by molar-refractivity contribution is -0.122. The fraction of sp³-hybridized carbons (Fsp3) is 0.571. The standard InChI is InChI=1S/C21H30N4O2/c1-14(2)7-10-25-15(3)11-18(16(25)4)12-19(13-22)21(27)24-9-8-23-20(26)17-5-6-17/h11-12,14,17H,5-10H2,1-4H3,(H,23,26)(H,24,27)/b19-12+. The lowest BCUT2D eigenvalue weighted by atomic mass is 10.1. The van der Waals surface area contributed by atoms with Crippen molar-refractivity contribution in [1.29, 1.82) is 5.26 Å². The molecule has 0 saturated heterocycles. The fourth-order valence-corrected chi connectivity index (χ4v) is 2.96. The smallest absolute Gasteiger partial charge is 0.262 e. The Morgan fingerprint density at radius 3 is 2.56 bits per heavy atom. The van der Waals surface area contributed by atoms with Crippen LogP contribution in [-0.2, 0) is 16.1 Å². The summed E-state index contributed by atoms with van der Waals surface area (Å²) in [6.07, 6.45) is 4.63. The zero-order valence-electron chi connectivity index (χ0n) is 16.8. The Kier molecular flexibility index (Phi) is 7.23. The van der Waals surface area contributed by atoms with E-state index in [2.05, 4.69) is 29.0 Å². The summed E-state index contributed by atoms with van der Waals surface area (Å²) in [7, 11) is 0. The Hall–Kier alpha value is -2.55. The number of rotatable bonds is 9. The third-order valence-electron chi connectivity index (χ3n) is 4.87. The molecule has 27 heavy (non-hydrogen) atoms. The molecule has 1 heterocycles. The molecule has 0 aromatic carbocycles. The van der Waals surface area contributed by atoms with Crippen LogP contribution >= 0.6 is 0 Å². The van der Waals surface area contributed by atoms with Gasteiger partial charge in [-0.2, -0.15) is 5.26 Å². The summed E-state index contributed by atoms with van der Waals surface area (Å²) in [5.41, 5.74) is 3.16. The minimum Gasteiger partial charge on any atom is -0.354 e. The van der Waals surface area contributed by atoms with E-state index in [-0.39, 0.29) is 17.4 Å². The number of carbonyl (C=O) groups excluding carboxylic acids is 2. The molecule has 0 aliphatic heterocycles. The first-order valence-electron chi connectivity index (χ1n) is 9.68. The van der Waals surface area contributed by atoms with Gasteiger partial charge in [0.2, 0.25) is 5.91 Å². The zero-order chi connectivity index (χ0) is 20.0. The molecule has 6 heteroatoms. The molecule has 1 aliphatic rings. The van der Waals surface area contributed by atoms with Gasteiger partial charge in [-0.25, -0.2) is 0 Å². The van der Waals surface area contributed by atoms with E-state index < -0.39 is 5.91 Å². The van der Waals surface area contributed by atoms with Crippen molar-refractivity contribution in [2.75, 3.05) is 13.1 Å². The van der Waals surface area contributed by atoms with Crippen molar-refractivity contribution in [3.05, 3.63) is 28.6 Å². The molecule has 0 radical (unpaired) electrons. The molecule has 146 valence electrons. The highest BCUT2D eigenvalue weighted by Crippen LogP contribution is 2.28. The van der Waals surface area contributed by atoms with Crippen molar-refractivity contribution in [3.63, 3.8) is 0 Å². The second kappa shape index (κ2) is 9.40. The SMILES string of the molecule is Cc1cc(/C=C(\C#N)C(=O)NCCNC(=O)C2CC2)c(C)n1CCC(C)C. The van der Waals surface area contributed by atoms with Crippen LogP contribution in [0.25, 0.3) is 6.08 Å². The molecule has 2 amide bonds. The molecule has 6 nitrogen and oxygen atoms in total. The van der Waals surface area contributed by atoms with E-state index in [1.807, 2.05) is 26.0 Å². The number of aromatic nitrogens is 1. The van der Waals surface area contributed by atoms with Crippen LogP contribution in [0.4, 0.5) is 0 Å². The summed E-state index contributed by atoms with van der Waals surface area (Å²) in [4.78, 5) is 23.8. The maximum absolute atomic E-state index is 12.3. The van der Waals surface area contributed by atoms with Gasteiger partial charge in [0, 0.05) is 36.9 Å². The van der Waals surface area contributed by atoms with Crippen molar-refractivity contribution < 1.29 is 9.59 Å². The average molecular weight is 370 g/mol. The minimum atomic E-state index is -0.412. The van der Waals surface area contributed by atoms with E-state index in [9.17, 15) is 14.9 Å². The van der Waals surface area contributed by atoms with Crippen LogP contribution in [-0.4, -0.2) is 29.5 Å². The van der Waals surface area contributed by atoms with Crippen molar-refractivity contribution in [2.24, 2.45) is 11.8 Å². The zero-order valence-corrected chi connectivity index (χ0v) is 16.8. The molecule has 0 unspecified atom stereocenters. The lowest BCUT2D eigenvalue weighted by Crippen LogP contribution is -2.35. The molecule has 1 aliphatic carbocycles. The third kappa shape index (κ3) is 5.99. The maximum atomic E-state index is 12.3. The van der Waals surface area contributed by atoms with Crippen molar-refractivity contribution in [2.45, 2.75) is 53.5 Å². The Morgan fingerprint density at radius 2 is 1.96 bits per heavy atom. The molecule has 1 aromatic heterocycles. The van der Waals surface area contributed by atoms with Crippen LogP contribution < -0.4 is 10.6 Å². The predicted octanol–water partition coefficient (Wildman–Crippen LogP) is 2.70. The van der Waals surface area contributed by atoms with Gasteiger partial charge in [0.05, 0.1) is 0 Å². The molecule has 0 spiro atoms. The number of nitriles is 1. The molecule has 1 fully saturated rings. The number of hydrogen-bond donors (Lipinski definition) is 2. The number of aryl methyl sites for hydroxylation is 1. The fourth-order valence-electron chi connectivity index (χ4n) is 2.96. The van der Waals surface area contributed by atoms with E-state index in [1.165, 1.54) is 0 Å². The summed E-state index contributed by atoms with van der Waals surface area (Å²) >= 11 is 0. The molecule has 0 bridgehead atoms. The number of carbonyl (C=O) groups is 2. The van der Waals surface area contributed by atoms with Gasteiger partial charge in [0.15, 0.2) is 0 Å². The molecule has 1 aromatic rings. The Balaban J connectivity index is 1.95. The summed E-state index contributed by atoms with van der Waals surface area (Å²) < 4.78 is 2.23. The topological polar surface area (TPSA) is 86.9 Å². The van der Waals surface area contributed by atoms with Crippen LogP contribution in [0.1, 0.15) is 50.1 Å². The second-order valence-electron chi connectivity index (χ2n) is 7.65.